The van der Waals surface area contributed by atoms with Crippen molar-refractivity contribution in [2.24, 2.45) is 12.8 Å². The van der Waals surface area contributed by atoms with Crippen molar-refractivity contribution in [3.8, 4) is 0 Å². The number of carbonyl (C=O) groups excluding carboxylic acids is 2. The van der Waals surface area contributed by atoms with E-state index in [1.165, 1.54) is 4.68 Å². The number of amides is 2. The van der Waals surface area contributed by atoms with Gasteiger partial charge in [0.2, 0.25) is 0 Å². The molecule has 0 radical (unpaired) electrons. The number of primary amides is 1. The molecule has 0 spiro atoms. The number of aryl methyl sites for hydroxylation is 2. The largest absolute Gasteiger partial charge is 0.463 e. The van der Waals surface area contributed by atoms with E-state index in [4.69, 9.17) is 10.2 Å². The van der Waals surface area contributed by atoms with Crippen molar-refractivity contribution in [3.63, 3.8) is 0 Å². The summed E-state index contributed by atoms with van der Waals surface area (Å²) in [6, 6.07) is 11.5. The normalized spacial score (nSPS) is 11.1. The minimum absolute atomic E-state index is 0.0269. The number of nitrogens with one attached hydrogen (secondary N) is 1. The van der Waals surface area contributed by atoms with E-state index in [9.17, 15) is 9.59 Å². The molecular weight excluding hydrogens is 370 g/mol. The Morgan fingerprint density at radius 1 is 1.21 bits per heavy atom. The fourth-order valence-corrected chi connectivity index (χ4v) is 3.40. The zero-order chi connectivity index (χ0) is 20.7. The van der Waals surface area contributed by atoms with E-state index in [1.54, 1.807) is 26.3 Å². The second-order valence-corrected chi connectivity index (χ2v) is 6.96. The highest BCUT2D eigenvalue weighted by Gasteiger charge is 2.23. The van der Waals surface area contributed by atoms with Crippen LogP contribution in [-0.4, -0.2) is 26.2 Å². The summed E-state index contributed by atoms with van der Waals surface area (Å²) in [5.41, 5.74) is 10.5. The highest BCUT2D eigenvalue weighted by Crippen LogP contribution is 2.26. The minimum Gasteiger partial charge on any atom is -0.463 e. The molecule has 0 aliphatic heterocycles. The van der Waals surface area contributed by atoms with Crippen LogP contribution in [0, 0.1) is 13.8 Å². The molecule has 0 aliphatic rings. The third-order valence-electron chi connectivity index (χ3n) is 5.15. The lowest BCUT2D eigenvalue weighted by molar-refractivity contribution is 0.0995. The first-order valence-electron chi connectivity index (χ1n) is 9.12. The molecule has 0 aliphatic carbocycles. The fourth-order valence-electron chi connectivity index (χ4n) is 3.40. The number of carbonyl (C=O) groups is 2. The molecule has 2 amide bonds. The number of aromatic nitrogens is 3. The van der Waals surface area contributed by atoms with Crippen molar-refractivity contribution < 1.29 is 14.0 Å². The van der Waals surface area contributed by atoms with Gasteiger partial charge in [-0.3, -0.25) is 14.3 Å². The van der Waals surface area contributed by atoms with Crippen LogP contribution >= 0.6 is 0 Å². The van der Waals surface area contributed by atoms with Crippen LogP contribution in [0.15, 0.2) is 47.1 Å². The Kier molecular flexibility index (Phi) is 4.46. The molecule has 4 rings (SSSR count). The summed E-state index contributed by atoms with van der Waals surface area (Å²) in [6.45, 7) is 4.30. The first-order valence-corrected chi connectivity index (χ1v) is 9.12. The maximum absolute atomic E-state index is 13.2. The predicted octanol–water partition coefficient (Wildman–Crippen LogP) is 2.98. The molecule has 3 N–H and O–H groups in total. The minimum atomic E-state index is -0.701. The molecule has 4 aromatic rings. The average Bonchev–Trinajstić information content (AvgIpc) is 3.34. The maximum atomic E-state index is 13.2. The van der Waals surface area contributed by atoms with E-state index in [-0.39, 0.29) is 11.6 Å². The number of furan rings is 1. The van der Waals surface area contributed by atoms with Crippen molar-refractivity contribution in [1.82, 2.24) is 14.3 Å². The Labute approximate surface area is 166 Å². The van der Waals surface area contributed by atoms with E-state index in [2.05, 4.69) is 10.4 Å². The standard InChI is InChI=1S/C21H21N5O3/c1-12-6-4-5-7-14(12)11-26-15-8-9-29-17(15)10-16(26)21(28)23-18-13(2)25(3)24-19(18)20(22)27/h4-10H,11H2,1-3H3,(H2,22,27)(H,23,28). The van der Waals surface area contributed by atoms with Crippen LogP contribution < -0.4 is 11.1 Å². The van der Waals surface area contributed by atoms with Crippen LogP contribution in [0.1, 0.15) is 37.8 Å². The molecule has 0 fully saturated rings. The van der Waals surface area contributed by atoms with Gasteiger partial charge in [-0.15, -0.1) is 0 Å². The smallest absolute Gasteiger partial charge is 0.272 e. The van der Waals surface area contributed by atoms with Crippen LogP contribution in [0.4, 0.5) is 5.69 Å². The number of benzene rings is 1. The Hall–Kier alpha value is -3.81. The van der Waals surface area contributed by atoms with E-state index in [0.717, 1.165) is 16.6 Å². The van der Waals surface area contributed by atoms with Gasteiger partial charge in [0.15, 0.2) is 11.3 Å². The number of hydrogen-bond acceptors (Lipinski definition) is 4. The molecule has 1 aromatic carbocycles. The summed E-state index contributed by atoms with van der Waals surface area (Å²) in [5.74, 6) is -1.07. The number of nitrogens with zero attached hydrogens (tertiary/aromatic N) is 3. The second kappa shape index (κ2) is 6.97. The molecular formula is C21H21N5O3. The number of anilines is 1. The van der Waals surface area contributed by atoms with Gasteiger partial charge >= 0.3 is 0 Å². The number of nitrogens with two attached hydrogens (primary N) is 1. The van der Waals surface area contributed by atoms with Crippen molar-refractivity contribution in [2.45, 2.75) is 20.4 Å². The molecule has 0 bridgehead atoms. The molecule has 0 atom stereocenters. The topological polar surface area (TPSA) is 108 Å². The summed E-state index contributed by atoms with van der Waals surface area (Å²) in [4.78, 5) is 24.9. The Bertz CT molecular complexity index is 1240. The van der Waals surface area contributed by atoms with Crippen molar-refractivity contribution in [1.29, 1.82) is 0 Å². The number of rotatable bonds is 5. The summed E-state index contributed by atoms with van der Waals surface area (Å²) >= 11 is 0. The van der Waals surface area contributed by atoms with E-state index >= 15 is 0 Å². The molecule has 8 heteroatoms. The molecule has 8 nitrogen and oxygen atoms in total. The summed E-state index contributed by atoms with van der Waals surface area (Å²) in [5, 5.41) is 6.90. The fraction of sp³-hybridized carbons (Fsp3) is 0.190. The van der Waals surface area contributed by atoms with Gasteiger partial charge in [0, 0.05) is 25.7 Å². The quantitative estimate of drug-likeness (QED) is 0.545. The van der Waals surface area contributed by atoms with Gasteiger partial charge in [0.05, 0.1) is 23.2 Å². The maximum Gasteiger partial charge on any atom is 0.272 e. The zero-order valence-electron chi connectivity index (χ0n) is 16.4. The van der Waals surface area contributed by atoms with Gasteiger partial charge in [0.25, 0.3) is 11.8 Å². The van der Waals surface area contributed by atoms with Gasteiger partial charge in [-0.05, 0) is 25.0 Å². The van der Waals surface area contributed by atoms with Crippen molar-refractivity contribution in [3.05, 3.63) is 70.9 Å². The molecule has 3 heterocycles. The van der Waals surface area contributed by atoms with E-state index < -0.39 is 5.91 Å². The zero-order valence-corrected chi connectivity index (χ0v) is 16.4. The first-order chi connectivity index (χ1) is 13.9. The summed E-state index contributed by atoms with van der Waals surface area (Å²) < 4.78 is 8.91. The monoisotopic (exact) mass is 391 g/mol. The molecule has 0 saturated carbocycles. The lowest BCUT2D eigenvalue weighted by Gasteiger charge is -2.12. The number of hydrogen-bond donors (Lipinski definition) is 2. The third-order valence-corrected chi connectivity index (χ3v) is 5.15. The Balaban J connectivity index is 1.75. The summed E-state index contributed by atoms with van der Waals surface area (Å²) in [7, 11) is 1.69. The predicted molar refractivity (Wildman–Crippen MR) is 109 cm³/mol. The van der Waals surface area contributed by atoms with Crippen molar-refractivity contribution in [2.75, 3.05) is 5.32 Å². The van der Waals surface area contributed by atoms with Gasteiger partial charge < -0.3 is 20.0 Å². The molecule has 0 unspecified atom stereocenters. The molecule has 0 saturated heterocycles. The molecule has 148 valence electrons. The molecule has 29 heavy (non-hydrogen) atoms. The van der Waals surface area contributed by atoms with Gasteiger partial charge in [-0.2, -0.15) is 5.10 Å². The van der Waals surface area contributed by atoms with Crippen LogP contribution in [0.3, 0.4) is 0 Å². The van der Waals surface area contributed by atoms with Gasteiger partial charge in [-0.1, -0.05) is 24.3 Å². The van der Waals surface area contributed by atoms with E-state index in [1.807, 2.05) is 41.8 Å². The van der Waals surface area contributed by atoms with Gasteiger partial charge in [-0.25, -0.2) is 0 Å². The highest BCUT2D eigenvalue weighted by molar-refractivity contribution is 6.09. The van der Waals surface area contributed by atoms with E-state index in [0.29, 0.717) is 29.2 Å². The lowest BCUT2D eigenvalue weighted by Crippen LogP contribution is -2.21. The SMILES string of the molecule is Cc1ccccc1Cn1c(C(=O)Nc2c(C(N)=O)nn(C)c2C)cc2occc21. The van der Waals surface area contributed by atoms with Crippen LogP contribution in [-0.2, 0) is 13.6 Å². The van der Waals surface area contributed by atoms with Crippen molar-refractivity contribution >= 4 is 28.6 Å². The first kappa shape index (κ1) is 18.5. The second-order valence-electron chi connectivity index (χ2n) is 6.96. The Morgan fingerprint density at radius 3 is 2.69 bits per heavy atom. The van der Waals surface area contributed by atoms with Crippen LogP contribution in [0.25, 0.3) is 11.1 Å². The summed E-state index contributed by atoms with van der Waals surface area (Å²) in [6.07, 6.45) is 1.59. The molecule has 3 aromatic heterocycles. The van der Waals surface area contributed by atoms with Gasteiger partial charge in [0.1, 0.15) is 5.69 Å². The lowest BCUT2D eigenvalue weighted by atomic mass is 10.1. The van der Waals surface area contributed by atoms with Crippen LogP contribution in [0.2, 0.25) is 0 Å². The Morgan fingerprint density at radius 2 is 1.97 bits per heavy atom. The third kappa shape index (κ3) is 3.18. The highest BCUT2D eigenvalue weighted by atomic mass is 16.3. The van der Waals surface area contributed by atoms with Crippen LogP contribution in [0.5, 0.6) is 0 Å². The number of fused-ring (bicyclic) bond motifs is 1. The average molecular weight is 391 g/mol.